The van der Waals surface area contributed by atoms with Crippen molar-refractivity contribution in [1.29, 1.82) is 0 Å². The number of nitrogens with zero attached hydrogens (tertiary/aromatic N) is 3. The van der Waals surface area contributed by atoms with E-state index in [0.29, 0.717) is 22.5 Å². The summed E-state index contributed by atoms with van der Waals surface area (Å²) < 4.78 is 33.3. The Hall–Kier alpha value is -6.55. The number of aromatic nitrogens is 3. The van der Waals surface area contributed by atoms with Crippen LogP contribution in [0.3, 0.4) is 0 Å². The van der Waals surface area contributed by atoms with E-state index in [1.165, 1.54) is 0 Å². The number of phenolic OH excluding ortho intramolecular Hbond substituents is 1. The molecule has 3 aromatic heterocycles. The summed E-state index contributed by atoms with van der Waals surface area (Å²) >= 11 is 0. The maximum atomic E-state index is 11.3. The SMILES string of the molecule is [2H]C([2H])([2H])c1ccc(-n2c(-c3ccccc3O)nc3c(-c4[c-]c(-c5cc(-c6ccccc6)ccn5)c5oc6ccccc6c5c4)cccc32)c(-c2ccccc2)c1.[Pt]. The molecule has 6 heteroatoms. The molecule has 1 N–H and O–H groups in total. The van der Waals surface area contributed by atoms with Gasteiger partial charge < -0.3 is 9.52 Å². The number of imidazole rings is 1. The maximum absolute atomic E-state index is 11.3. The molecule has 0 spiro atoms. The van der Waals surface area contributed by atoms with Gasteiger partial charge in [0.2, 0.25) is 0 Å². The molecule has 0 aliphatic carbocycles. The Labute approximate surface area is 336 Å². The molecule has 10 rings (SSSR count). The minimum atomic E-state index is -2.31. The van der Waals surface area contributed by atoms with Crippen LogP contribution in [0.4, 0.5) is 0 Å². The summed E-state index contributed by atoms with van der Waals surface area (Å²) in [5, 5.41) is 13.2. The topological polar surface area (TPSA) is 64.1 Å². The maximum Gasteiger partial charge on any atom is 0.148 e. The van der Waals surface area contributed by atoms with Gasteiger partial charge in [-0.3, -0.25) is 9.55 Å². The second-order valence-electron chi connectivity index (χ2n) is 13.3. The number of rotatable bonds is 6. The number of aryl methyl sites for hydroxylation is 1. The molecule has 0 atom stereocenters. The zero-order valence-electron chi connectivity index (χ0n) is 32.2. The van der Waals surface area contributed by atoms with Gasteiger partial charge in [-0.25, -0.2) is 4.98 Å². The van der Waals surface area contributed by atoms with E-state index in [0.717, 1.165) is 72.2 Å². The van der Waals surface area contributed by atoms with Gasteiger partial charge in [-0.1, -0.05) is 132 Å². The van der Waals surface area contributed by atoms with Crippen molar-refractivity contribution in [3.8, 4) is 67.5 Å². The molecule has 10 aromatic rings. The van der Waals surface area contributed by atoms with Gasteiger partial charge in [0, 0.05) is 48.0 Å². The molecule has 55 heavy (non-hydrogen) atoms. The standard InChI is InChI=1S/C49H32N3O2.Pt/c1-31-23-24-43(39(27-31)33-15-6-3-7-16-33)52-44-20-12-19-36(47(44)51-49(52)38-18-8-10-21-45(38)53)35-28-40-37-17-9-11-22-46(37)54-48(40)41(29-35)42-30-34(25-26-50-42)32-13-4-2-5-14-32;/h2-28,30,53H,1H3;/q-1;/i1D3;. The number of phenols is 1. The molecule has 3 heterocycles. The molecule has 0 saturated carbocycles. The van der Waals surface area contributed by atoms with Crippen LogP contribution in [-0.4, -0.2) is 19.6 Å². The number of aromatic hydroxyl groups is 1. The number of fused-ring (bicyclic) bond motifs is 4. The Balaban J connectivity index is 0.00000436. The van der Waals surface area contributed by atoms with E-state index in [1.807, 2.05) is 120 Å². The number of hydrogen-bond acceptors (Lipinski definition) is 4. The summed E-state index contributed by atoms with van der Waals surface area (Å²) in [4.78, 5) is 10.2. The predicted octanol–water partition coefficient (Wildman–Crippen LogP) is 12.5. The summed E-state index contributed by atoms with van der Waals surface area (Å²) in [6.07, 6.45) is 1.81. The minimum Gasteiger partial charge on any atom is -0.507 e. The molecule has 0 unspecified atom stereocenters. The smallest absolute Gasteiger partial charge is 0.148 e. The van der Waals surface area contributed by atoms with E-state index < -0.39 is 6.85 Å². The van der Waals surface area contributed by atoms with Gasteiger partial charge in [0.15, 0.2) is 0 Å². The molecule has 5 nitrogen and oxygen atoms in total. The summed E-state index contributed by atoms with van der Waals surface area (Å²) in [6.45, 7) is -2.31. The molecule has 0 aliphatic rings. The summed E-state index contributed by atoms with van der Waals surface area (Å²) in [6, 6.07) is 56.2. The molecule has 266 valence electrons. The first-order valence-corrected chi connectivity index (χ1v) is 17.7. The van der Waals surface area contributed by atoms with Crippen molar-refractivity contribution in [2.24, 2.45) is 0 Å². The first-order valence-electron chi connectivity index (χ1n) is 19.2. The molecule has 0 bridgehead atoms. The van der Waals surface area contributed by atoms with Crippen molar-refractivity contribution in [1.82, 2.24) is 14.5 Å². The predicted molar refractivity (Wildman–Crippen MR) is 219 cm³/mol. The van der Waals surface area contributed by atoms with E-state index in [4.69, 9.17) is 18.5 Å². The molecule has 0 radical (unpaired) electrons. The first kappa shape index (κ1) is 30.9. The Kier molecular flexibility index (Phi) is 7.87. The fraction of sp³-hybridized carbons (Fsp3) is 0.0204. The average Bonchev–Trinajstić information content (AvgIpc) is 3.82. The third-order valence-electron chi connectivity index (χ3n) is 9.97. The van der Waals surface area contributed by atoms with Crippen LogP contribution in [0.15, 0.2) is 174 Å². The number of hydrogen-bond donors (Lipinski definition) is 1. The van der Waals surface area contributed by atoms with Crippen LogP contribution in [0.5, 0.6) is 5.75 Å². The summed E-state index contributed by atoms with van der Waals surface area (Å²) in [5.74, 6) is 0.571. The largest absolute Gasteiger partial charge is 0.507 e. The van der Waals surface area contributed by atoms with E-state index >= 15 is 0 Å². The number of pyridine rings is 1. The van der Waals surface area contributed by atoms with Crippen molar-refractivity contribution in [2.75, 3.05) is 0 Å². The van der Waals surface area contributed by atoms with E-state index in [-0.39, 0.29) is 32.4 Å². The van der Waals surface area contributed by atoms with Crippen LogP contribution < -0.4 is 0 Å². The van der Waals surface area contributed by atoms with Gasteiger partial charge in [0.1, 0.15) is 17.2 Å². The molecular weight excluding hydrogens is 858 g/mol. The third-order valence-corrected chi connectivity index (χ3v) is 9.97. The Morgan fingerprint density at radius 1 is 0.655 bits per heavy atom. The van der Waals surface area contributed by atoms with Gasteiger partial charge in [0.05, 0.1) is 27.9 Å². The van der Waals surface area contributed by atoms with Crippen LogP contribution in [0.25, 0.3) is 94.7 Å². The number of para-hydroxylation sites is 3. The van der Waals surface area contributed by atoms with Gasteiger partial charge in [0.25, 0.3) is 0 Å². The quantitative estimate of drug-likeness (QED) is 0.169. The fourth-order valence-electron chi connectivity index (χ4n) is 7.45. The van der Waals surface area contributed by atoms with Crippen LogP contribution in [0.1, 0.15) is 9.68 Å². The second kappa shape index (κ2) is 14.0. The van der Waals surface area contributed by atoms with E-state index in [2.05, 4.69) is 36.4 Å². The Morgan fingerprint density at radius 2 is 1.40 bits per heavy atom. The van der Waals surface area contributed by atoms with Crippen molar-refractivity contribution in [2.45, 2.75) is 6.85 Å². The van der Waals surface area contributed by atoms with Crippen molar-refractivity contribution < 1.29 is 34.7 Å². The normalized spacial score (nSPS) is 12.3. The van der Waals surface area contributed by atoms with Gasteiger partial charge >= 0.3 is 0 Å². The molecular formula is C49H32N3O2Pt-. The van der Waals surface area contributed by atoms with Gasteiger partial charge in [-0.05, 0) is 71.4 Å². The number of benzene rings is 7. The average molecular weight is 893 g/mol. The summed E-state index contributed by atoms with van der Waals surface area (Å²) in [7, 11) is 0. The number of furan rings is 1. The van der Waals surface area contributed by atoms with E-state index in [9.17, 15) is 5.11 Å². The monoisotopic (exact) mass is 892 g/mol. The van der Waals surface area contributed by atoms with Gasteiger partial charge in [-0.15, -0.1) is 17.7 Å². The Morgan fingerprint density at radius 3 is 2.22 bits per heavy atom. The fourth-order valence-corrected chi connectivity index (χ4v) is 7.45. The zero-order valence-corrected chi connectivity index (χ0v) is 31.5. The van der Waals surface area contributed by atoms with Crippen molar-refractivity contribution >= 4 is 33.0 Å². The molecule has 7 aromatic carbocycles. The second-order valence-corrected chi connectivity index (χ2v) is 13.3. The van der Waals surface area contributed by atoms with Crippen LogP contribution >= 0.6 is 0 Å². The molecule has 0 amide bonds. The third kappa shape index (κ3) is 5.94. The van der Waals surface area contributed by atoms with Crippen LogP contribution in [0.2, 0.25) is 0 Å². The first-order chi connectivity index (χ1) is 27.8. The zero-order chi connectivity index (χ0) is 38.7. The Bertz CT molecular complexity index is 3140. The minimum absolute atomic E-state index is 0. The van der Waals surface area contributed by atoms with Crippen LogP contribution in [-0.2, 0) is 21.1 Å². The van der Waals surface area contributed by atoms with Gasteiger partial charge in [-0.2, -0.15) is 0 Å². The van der Waals surface area contributed by atoms with Crippen molar-refractivity contribution in [3.05, 3.63) is 182 Å². The van der Waals surface area contributed by atoms with Crippen LogP contribution in [0, 0.1) is 12.9 Å². The molecule has 0 fully saturated rings. The summed E-state index contributed by atoms with van der Waals surface area (Å²) in [5.41, 5.74) is 11.1. The molecule has 0 saturated heterocycles. The van der Waals surface area contributed by atoms with E-state index in [1.54, 1.807) is 24.3 Å². The van der Waals surface area contributed by atoms with Crippen molar-refractivity contribution in [3.63, 3.8) is 0 Å². The molecule has 0 aliphatic heterocycles.